The van der Waals surface area contributed by atoms with Gasteiger partial charge < -0.3 is 18.5 Å². The topological polar surface area (TPSA) is 62.7 Å². The number of rotatable bonds is 7. The van der Waals surface area contributed by atoms with Crippen LogP contribution in [0, 0.1) is 0 Å². The fraction of sp³-hybridized carbons (Fsp3) is 0.810. The summed E-state index contributed by atoms with van der Waals surface area (Å²) < 4.78 is 25.0. The molecular formula is C21H37BN2O4Si. The minimum Gasteiger partial charge on any atom is -0.475 e. The zero-order valence-electron chi connectivity index (χ0n) is 19.6. The molecule has 0 aromatic carbocycles. The third-order valence-electron chi connectivity index (χ3n) is 6.92. The van der Waals surface area contributed by atoms with Gasteiger partial charge in [0.25, 0.3) is 0 Å². The van der Waals surface area contributed by atoms with Gasteiger partial charge >= 0.3 is 7.12 Å². The molecule has 6 nitrogen and oxygen atoms in total. The Morgan fingerprint density at radius 1 is 1.07 bits per heavy atom. The predicted octanol–water partition coefficient (Wildman–Crippen LogP) is 4.05. The molecule has 0 amide bonds. The molecule has 3 rings (SSSR count). The summed E-state index contributed by atoms with van der Waals surface area (Å²) in [6.45, 7) is 20.4. The summed E-state index contributed by atoms with van der Waals surface area (Å²) >= 11 is 0. The first-order valence-corrected chi connectivity index (χ1v) is 13.6. The summed E-state index contributed by atoms with van der Waals surface area (Å²) in [5.41, 5.74) is 1.01. The summed E-state index contributed by atoms with van der Waals surface area (Å²) in [4.78, 5) is 9.00. The summed E-state index contributed by atoms with van der Waals surface area (Å²) in [6.07, 6.45) is 3.86. The zero-order chi connectivity index (χ0) is 21.7. The average molecular weight is 420 g/mol. The molecule has 0 bridgehead atoms. The van der Waals surface area contributed by atoms with Crippen LogP contribution in [0.5, 0.6) is 5.88 Å². The smallest absolute Gasteiger partial charge is 0.475 e. The highest BCUT2D eigenvalue weighted by Crippen LogP contribution is 2.42. The van der Waals surface area contributed by atoms with Crippen molar-refractivity contribution in [1.29, 1.82) is 0 Å². The van der Waals surface area contributed by atoms with Crippen molar-refractivity contribution in [2.75, 3.05) is 13.2 Å². The molecular weight excluding hydrogens is 383 g/mol. The first-order chi connectivity index (χ1) is 13.3. The molecule has 2 aliphatic rings. The van der Waals surface area contributed by atoms with E-state index < -0.39 is 26.6 Å². The number of hydrogen-bond acceptors (Lipinski definition) is 6. The second kappa shape index (κ2) is 7.63. The second-order valence-electron chi connectivity index (χ2n) is 10.8. The van der Waals surface area contributed by atoms with Gasteiger partial charge in [-0.1, -0.05) is 20.8 Å². The molecule has 1 aromatic rings. The monoisotopic (exact) mass is 420 g/mol. The Morgan fingerprint density at radius 3 is 2.17 bits per heavy atom. The van der Waals surface area contributed by atoms with E-state index >= 15 is 0 Å². The molecule has 1 saturated carbocycles. The van der Waals surface area contributed by atoms with Crippen LogP contribution in [0.25, 0.3) is 0 Å². The van der Waals surface area contributed by atoms with E-state index in [0.29, 0.717) is 25.0 Å². The minimum absolute atomic E-state index is 0.176. The van der Waals surface area contributed by atoms with E-state index in [-0.39, 0.29) is 5.04 Å². The van der Waals surface area contributed by atoms with Crippen LogP contribution in [0.2, 0.25) is 18.1 Å². The highest BCUT2D eigenvalue weighted by Gasteiger charge is 2.54. The molecule has 1 saturated heterocycles. The standard InChI is InChI=1S/C21H37BN2O4Si/c1-19(2,3)29(8,9)26-13-12-25-18-16(17(15-10-11-15)23-14-24-18)22-27-20(4,5)21(6,7)28-22/h14-15H,10-13H2,1-9H3. The molecule has 1 aromatic heterocycles. The molecule has 29 heavy (non-hydrogen) atoms. The van der Waals surface area contributed by atoms with E-state index in [1.165, 1.54) is 0 Å². The van der Waals surface area contributed by atoms with Crippen molar-refractivity contribution >= 4 is 20.9 Å². The molecule has 1 aliphatic carbocycles. The molecule has 8 heteroatoms. The lowest BCUT2D eigenvalue weighted by molar-refractivity contribution is 0.00578. The maximum Gasteiger partial charge on any atom is 0.502 e. The van der Waals surface area contributed by atoms with Crippen molar-refractivity contribution in [2.24, 2.45) is 0 Å². The van der Waals surface area contributed by atoms with Crippen LogP contribution in [0.4, 0.5) is 0 Å². The Labute approximate surface area is 177 Å². The van der Waals surface area contributed by atoms with Crippen molar-refractivity contribution in [3.63, 3.8) is 0 Å². The fourth-order valence-electron chi connectivity index (χ4n) is 3.02. The van der Waals surface area contributed by atoms with Gasteiger partial charge in [-0.15, -0.1) is 0 Å². The van der Waals surface area contributed by atoms with Crippen molar-refractivity contribution < 1.29 is 18.5 Å². The van der Waals surface area contributed by atoms with Crippen LogP contribution < -0.4 is 10.2 Å². The molecule has 0 unspecified atom stereocenters. The Morgan fingerprint density at radius 2 is 1.66 bits per heavy atom. The van der Waals surface area contributed by atoms with Gasteiger partial charge in [0, 0.05) is 5.92 Å². The Hall–Kier alpha value is -0.958. The van der Waals surface area contributed by atoms with Crippen molar-refractivity contribution in [1.82, 2.24) is 9.97 Å². The highest BCUT2D eigenvalue weighted by atomic mass is 28.4. The quantitative estimate of drug-likeness (QED) is 0.490. The van der Waals surface area contributed by atoms with Gasteiger partial charge in [0.1, 0.15) is 12.9 Å². The number of ether oxygens (including phenoxy) is 1. The maximum atomic E-state index is 6.31. The van der Waals surface area contributed by atoms with Crippen LogP contribution in [0.1, 0.15) is 72.9 Å². The van der Waals surface area contributed by atoms with Crippen LogP contribution in [-0.4, -0.2) is 49.8 Å². The van der Waals surface area contributed by atoms with Crippen molar-refractivity contribution in [3.8, 4) is 5.88 Å². The van der Waals surface area contributed by atoms with Gasteiger partial charge in [-0.2, -0.15) is 0 Å². The van der Waals surface area contributed by atoms with E-state index in [0.717, 1.165) is 24.0 Å². The first kappa shape index (κ1) is 22.7. The lowest BCUT2D eigenvalue weighted by Gasteiger charge is -2.36. The van der Waals surface area contributed by atoms with Gasteiger partial charge in [0.05, 0.1) is 29.0 Å². The van der Waals surface area contributed by atoms with Crippen LogP contribution >= 0.6 is 0 Å². The minimum atomic E-state index is -1.80. The molecule has 1 aliphatic heterocycles. The molecule has 162 valence electrons. The SMILES string of the molecule is CC1(C)OB(c2c(OCCO[Si](C)(C)C(C)(C)C)ncnc2C2CC2)OC1(C)C. The Bertz CT molecular complexity index is 729. The van der Waals surface area contributed by atoms with E-state index in [9.17, 15) is 0 Å². The zero-order valence-corrected chi connectivity index (χ0v) is 20.6. The third kappa shape index (κ3) is 4.70. The lowest BCUT2D eigenvalue weighted by atomic mass is 9.77. The molecule has 0 N–H and O–H groups in total. The maximum absolute atomic E-state index is 6.31. The summed E-state index contributed by atoms with van der Waals surface area (Å²) in [6, 6.07) is 0. The van der Waals surface area contributed by atoms with Gasteiger partial charge in [-0.05, 0) is 58.7 Å². The summed E-state index contributed by atoms with van der Waals surface area (Å²) in [5, 5.41) is 0.176. The number of aromatic nitrogens is 2. The molecule has 0 spiro atoms. The van der Waals surface area contributed by atoms with E-state index in [1.54, 1.807) is 6.33 Å². The molecule has 2 fully saturated rings. The predicted molar refractivity (Wildman–Crippen MR) is 118 cm³/mol. The second-order valence-corrected chi connectivity index (χ2v) is 15.6. The van der Waals surface area contributed by atoms with Gasteiger partial charge in [0.2, 0.25) is 5.88 Å². The van der Waals surface area contributed by atoms with Gasteiger partial charge in [-0.25, -0.2) is 9.97 Å². The summed E-state index contributed by atoms with van der Waals surface area (Å²) in [5.74, 6) is 0.997. The largest absolute Gasteiger partial charge is 0.502 e. The molecule has 2 heterocycles. The summed E-state index contributed by atoms with van der Waals surface area (Å²) in [7, 11) is -2.32. The van der Waals surface area contributed by atoms with Gasteiger partial charge in [0.15, 0.2) is 8.32 Å². The fourth-order valence-corrected chi connectivity index (χ4v) is 4.05. The Kier molecular flexibility index (Phi) is 5.97. The van der Waals surface area contributed by atoms with E-state index in [4.69, 9.17) is 18.5 Å². The molecule has 0 radical (unpaired) electrons. The van der Waals surface area contributed by atoms with Gasteiger partial charge in [-0.3, -0.25) is 0 Å². The Balaban J connectivity index is 1.76. The average Bonchev–Trinajstić information content (AvgIpc) is 3.38. The molecule has 0 atom stereocenters. The lowest BCUT2D eigenvalue weighted by Crippen LogP contribution is -2.42. The van der Waals surface area contributed by atoms with Crippen LogP contribution in [-0.2, 0) is 13.7 Å². The van der Waals surface area contributed by atoms with Crippen molar-refractivity contribution in [3.05, 3.63) is 12.0 Å². The third-order valence-corrected chi connectivity index (χ3v) is 11.5. The normalized spacial score (nSPS) is 21.5. The van der Waals surface area contributed by atoms with Crippen molar-refractivity contribution in [2.45, 2.75) is 96.6 Å². The van der Waals surface area contributed by atoms with Crippen LogP contribution in [0.3, 0.4) is 0 Å². The van der Waals surface area contributed by atoms with E-state index in [2.05, 4.69) is 71.5 Å². The van der Waals surface area contributed by atoms with E-state index in [1.807, 2.05) is 0 Å². The number of hydrogen-bond donors (Lipinski definition) is 0. The first-order valence-electron chi connectivity index (χ1n) is 10.7. The number of nitrogens with zero attached hydrogens (tertiary/aromatic N) is 2. The highest BCUT2D eigenvalue weighted by molar-refractivity contribution is 6.74. The van der Waals surface area contributed by atoms with Crippen LogP contribution in [0.15, 0.2) is 6.33 Å².